The monoisotopic (exact) mass is 516 g/mol. The van der Waals surface area contributed by atoms with E-state index in [2.05, 4.69) is 20.9 Å². The van der Waals surface area contributed by atoms with Crippen molar-refractivity contribution in [3.05, 3.63) is 63.6 Å². The van der Waals surface area contributed by atoms with Gasteiger partial charge in [0.1, 0.15) is 10.4 Å². The molecule has 172 valence electrons. The number of likely N-dealkylation sites (tertiary alicyclic amines) is 1. The van der Waals surface area contributed by atoms with E-state index in [9.17, 15) is 27.2 Å². The summed E-state index contributed by atoms with van der Waals surface area (Å²) >= 11 is 3.18. The number of hydrogen-bond donors (Lipinski definition) is 0. The molecule has 1 saturated heterocycles. The highest BCUT2D eigenvalue weighted by molar-refractivity contribution is 9.10. The van der Waals surface area contributed by atoms with Gasteiger partial charge in [0, 0.05) is 19.0 Å². The third kappa shape index (κ3) is 4.79. The first-order valence-electron chi connectivity index (χ1n) is 9.85. The van der Waals surface area contributed by atoms with Crippen LogP contribution in [0.5, 0.6) is 0 Å². The van der Waals surface area contributed by atoms with Crippen LogP contribution in [0.1, 0.15) is 41.4 Å². The lowest BCUT2D eigenvalue weighted by atomic mass is 9.72. The predicted octanol–water partition coefficient (Wildman–Crippen LogP) is 5.03. The summed E-state index contributed by atoms with van der Waals surface area (Å²) in [6.45, 7) is 1.66. The lowest BCUT2D eigenvalue weighted by Crippen LogP contribution is -2.52. The van der Waals surface area contributed by atoms with Gasteiger partial charge in [0.05, 0.1) is 29.3 Å². The van der Waals surface area contributed by atoms with E-state index in [1.54, 1.807) is 6.92 Å². The Morgan fingerprint density at radius 2 is 1.94 bits per heavy atom. The highest BCUT2D eigenvalue weighted by Gasteiger charge is 2.47. The Labute approximate surface area is 190 Å². The topological polar surface area (TPSA) is 59.5 Å². The second kappa shape index (κ2) is 9.17. The highest BCUT2D eigenvalue weighted by atomic mass is 79.9. The number of piperidine rings is 1. The largest absolute Gasteiger partial charge is 0.469 e. The molecule has 2 atom stereocenters. The number of benzene rings is 1. The zero-order valence-corrected chi connectivity index (χ0v) is 19.0. The van der Waals surface area contributed by atoms with Crippen molar-refractivity contribution in [3.8, 4) is 0 Å². The lowest BCUT2D eigenvalue weighted by Gasteiger charge is -2.44. The minimum atomic E-state index is -4.68. The fourth-order valence-electron chi connectivity index (χ4n) is 4.24. The first-order chi connectivity index (χ1) is 15.0. The molecule has 32 heavy (non-hydrogen) atoms. The van der Waals surface area contributed by atoms with E-state index < -0.39 is 46.5 Å². The summed E-state index contributed by atoms with van der Waals surface area (Å²) < 4.78 is 59.9. The van der Waals surface area contributed by atoms with Gasteiger partial charge in [-0.05, 0) is 60.0 Å². The van der Waals surface area contributed by atoms with Crippen molar-refractivity contribution in [2.45, 2.75) is 38.4 Å². The Bertz CT molecular complexity index is 1030. The standard InChI is InChI=1S/C22H21BrF4N2O3/c1-13-11-21(20(31)32-2,12-17-16(24)7-8-18(23)28-17)9-10-29(13)19(30)14-5-3-4-6-15(14)22(25,26)27/h3-8,13H,9-12H2,1-2H3. The summed E-state index contributed by atoms with van der Waals surface area (Å²) in [4.78, 5) is 31.2. The van der Waals surface area contributed by atoms with Crippen LogP contribution in [0.15, 0.2) is 41.0 Å². The molecule has 1 fully saturated rings. The smallest absolute Gasteiger partial charge is 0.417 e. The molecule has 0 N–H and O–H groups in total. The van der Waals surface area contributed by atoms with Crippen LogP contribution in [0, 0.1) is 11.2 Å². The van der Waals surface area contributed by atoms with Gasteiger partial charge in [-0.3, -0.25) is 9.59 Å². The Kier molecular flexibility index (Phi) is 6.92. The molecule has 2 heterocycles. The van der Waals surface area contributed by atoms with E-state index in [1.165, 1.54) is 36.3 Å². The van der Waals surface area contributed by atoms with E-state index in [1.807, 2.05) is 0 Å². The molecule has 1 aromatic heterocycles. The Hall–Kier alpha value is -2.49. The number of ether oxygens (including phenoxy) is 1. The van der Waals surface area contributed by atoms with Crippen LogP contribution in [0.3, 0.4) is 0 Å². The molecule has 0 radical (unpaired) electrons. The van der Waals surface area contributed by atoms with Crippen molar-refractivity contribution >= 4 is 27.8 Å². The average Bonchev–Trinajstić information content (AvgIpc) is 2.74. The number of carbonyl (C=O) groups excluding carboxylic acids is 2. The number of halogens is 5. The molecule has 0 saturated carbocycles. The quantitative estimate of drug-likeness (QED) is 0.325. The van der Waals surface area contributed by atoms with Gasteiger partial charge in [-0.2, -0.15) is 13.2 Å². The third-order valence-corrected chi connectivity index (χ3v) is 6.22. The zero-order chi connectivity index (χ0) is 23.7. The fourth-order valence-corrected chi connectivity index (χ4v) is 4.59. The maximum atomic E-state index is 14.3. The van der Waals surface area contributed by atoms with Gasteiger partial charge < -0.3 is 9.64 Å². The second-order valence-corrected chi connectivity index (χ2v) is 8.67. The number of aromatic nitrogens is 1. The van der Waals surface area contributed by atoms with E-state index in [0.717, 1.165) is 12.1 Å². The van der Waals surface area contributed by atoms with Gasteiger partial charge in [-0.1, -0.05) is 12.1 Å². The van der Waals surface area contributed by atoms with E-state index >= 15 is 0 Å². The number of esters is 1. The Morgan fingerprint density at radius 3 is 2.56 bits per heavy atom. The maximum Gasteiger partial charge on any atom is 0.417 e. The summed E-state index contributed by atoms with van der Waals surface area (Å²) in [7, 11) is 1.22. The number of rotatable bonds is 4. The zero-order valence-electron chi connectivity index (χ0n) is 17.4. The number of hydrogen-bond acceptors (Lipinski definition) is 4. The molecule has 3 rings (SSSR count). The molecule has 1 aliphatic rings. The summed E-state index contributed by atoms with van der Waals surface area (Å²) in [5, 5.41) is 0. The van der Waals surface area contributed by atoms with Crippen molar-refractivity contribution in [2.75, 3.05) is 13.7 Å². The van der Waals surface area contributed by atoms with Gasteiger partial charge in [0.15, 0.2) is 0 Å². The van der Waals surface area contributed by atoms with Gasteiger partial charge >= 0.3 is 12.1 Å². The Morgan fingerprint density at radius 1 is 1.25 bits per heavy atom. The average molecular weight is 517 g/mol. The first-order valence-corrected chi connectivity index (χ1v) is 10.6. The molecule has 0 aliphatic carbocycles. The minimum Gasteiger partial charge on any atom is -0.469 e. The number of alkyl halides is 3. The SMILES string of the molecule is COC(=O)C1(Cc2nc(Br)ccc2F)CCN(C(=O)c2ccccc2C(F)(F)F)C(C)C1. The molecule has 1 aliphatic heterocycles. The van der Waals surface area contributed by atoms with Crippen LogP contribution in [-0.2, 0) is 22.1 Å². The molecule has 2 aromatic rings. The molecule has 2 unspecified atom stereocenters. The van der Waals surface area contributed by atoms with E-state index in [0.29, 0.717) is 4.60 Å². The van der Waals surface area contributed by atoms with Crippen LogP contribution in [-0.4, -0.2) is 41.5 Å². The third-order valence-electron chi connectivity index (χ3n) is 5.78. The maximum absolute atomic E-state index is 14.3. The molecular weight excluding hydrogens is 496 g/mol. The predicted molar refractivity (Wildman–Crippen MR) is 111 cm³/mol. The highest BCUT2D eigenvalue weighted by Crippen LogP contribution is 2.41. The number of methoxy groups -OCH3 is 1. The molecular formula is C22H21BrF4N2O3. The summed E-state index contributed by atoms with van der Waals surface area (Å²) in [6, 6.07) is 6.67. The Balaban J connectivity index is 1.90. The van der Waals surface area contributed by atoms with Gasteiger partial charge in [0.2, 0.25) is 0 Å². The summed E-state index contributed by atoms with van der Waals surface area (Å²) in [6.07, 6.45) is -4.55. The number of pyridine rings is 1. The van der Waals surface area contributed by atoms with Crippen LogP contribution < -0.4 is 0 Å². The molecule has 0 bridgehead atoms. The van der Waals surface area contributed by atoms with E-state index in [4.69, 9.17) is 4.74 Å². The van der Waals surface area contributed by atoms with Gasteiger partial charge in [-0.25, -0.2) is 9.37 Å². The van der Waals surface area contributed by atoms with Crippen molar-refractivity contribution in [1.82, 2.24) is 9.88 Å². The minimum absolute atomic E-state index is 0.0108. The second-order valence-electron chi connectivity index (χ2n) is 7.86. The van der Waals surface area contributed by atoms with Crippen LogP contribution in [0.4, 0.5) is 17.6 Å². The molecule has 10 heteroatoms. The molecule has 5 nitrogen and oxygen atoms in total. The fraction of sp³-hybridized carbons (Fsp3) is 0.409. The first kappa shape index (κ1) is 24.2. The van der Waals surface area contributed by atoms with Crippen molar-refractivity contribution in [3.63, 3.8) is 0 Å². The molecule has 0 spiro atoms. The van der Waals surface area contributed by atoms with Crippen molar-refractivity contribution < 1.29 is 31.9 Å². The van der Waals surface area contributed by atoms with Crippen molar-refractivity contribution in [1.29, 1.82) is 0 Å². The van der Waals surface area contributed by atoms with Crippen LogP contribution in [0.25, 0.3) is 0 Å². The number of amides is 1. The van der Waals surface area contributed by atoms with Crippen molar-refractivity contribution in [2.24, 2.45) is 5.41 Å². The number of nitrogens with zero attached hydrogens (tertiary/aromatic N) is 2. The van der Waals surface area contributed by atoms with E-state index in [-0.39, 0.29) is 31.5 Å². The van der Waals surface area contributed by atoms with Gasteiger partial charge in [0.25, 0.3) is 5.91 Å². The lowest BCUT2D eigenvalue weighted by molar-refractivity contribution is -0.156. The molecule has 1 aromatic carbocycles. The number of carbonyl (C=O) groups is 2. The normalized spacial score (nSPS) is 21.3. The summed E-state index contributed by atoms with van der Waals surface area (Å²) in [5.74, 6) is -1.93. The van der Waals surface area contributed by atoms with Gasteiger partial charge in [-0.15, -0.1) is 0 Å². The summed E-state index contributed by atoms with van der Waals surface area (Å²) in [5.41, 5.74) is -2.55. The van der Waals surface area contributed by atoms with Crippen LogP contribution >= 0.6 is 15.9 Å². The van der Waals surface area contributed by atoms with Crippen LogP contribution in [0.2, 0.25) is 0 Å². The molecule has 1 amide bonds.